The second-order valence-electron chi connectivity index (χ2n) is 3.05. The number of aliphatic hydroxyl groups is 1. The number of hydrogen-bond acceptors (Lipinski definition) is 4. The quantitative estimate of drug-likeness (QED) is 0.769. The van der Waals surface area contributed by atoms with Gasteiger partial charge in [0.1, 0.15) is 11.9 Å². The van der Waals surface area contributed by atoms with Crippen molar-refractivity contribution in [3.8, 4) is 5.88 Å². The molecule has 0 unspecified atom stereocenters. The first-order valence-corrected chi connectivity index (χ1v) is 4.29. The van der Waals surface area contributed by atoms with Gasteiger partial charge < -0.3 is 14.6 Å². The Hall–Kier alpha value is -1.20. The molecule has 5 heteroatoms. The Morgan fingerprint density at radius 3 is 3.00 bits per heavy atom. The van der Waals surface area contributed by atoms with Gasteiger partial charge >= 0.3 is 0 Å². The summed E-state index contributed by atoms with van der Waals surface area (Å²) < 4.78 is 23.0. The van der Waals surface area contributed by atoms with E-state index in [0.29, 0.717) is 18.8 Å². The lowest BCUT2D eigenvalue weighted by molar-refractivity contribution is -0.0819. The Morgan fingerprint density at radius 2 is 2.43 bits per heavy atom. The van der Waals surface area contributed by atoms with E-state index in [2.05, 4.69) is 4.98 Å². The van der Waals surface area contributed by atoms with Crippen molar-refractivity contribution in [3.63, 3.8) is 0 Å². The number of aromatic nitrogens is 1. The highest BCUT2D eigenvalue weighted by molar-refractivity contribution is 5.25. The highest BCUT2D eigenvalue weighted by Gasteiger charge is 2.21. The summed E-state index contributed by atoms with van der Waals surface area (Å²) >= 11 is 0. The van der Waals surface area contributed by atoms with Crippen molar-refractivity contribution in [2.45, 2.75) is 12.7 Å². The fraction of sp³-hybridized carbons (Fsp3) is 0.444. The molecule has 1 N–H and O–H groups in total. The van der Waals surface area contributed by atoms with Gasteiger partial charge in [0.2, 0.25) is 5.88 Å². The molecule has 2 heterocycles. The Labute approximate surface area is 80.3 Å². The molecule has 4 nitrogen and oxygen atoms in total. The van der Waals surface area contributed by atoms with E-state index >= 15 is 0 Å². The highest BCUT2D eigenvalue weighted by Crippen LogP contribution is 2.19. The van der Waals surface area contributed by atoms with E-state index in [1.165, 1.54) is 6.07 Å². The zero-order chi connectivity index (χ0) is 9.97. The summed E-state index contributed by atoms with van der Waals surface area (Å²) in [6, 6.07) is 1.21. The molecule has 0 amide bonds. The third-order valence-electron chi connectivity index (χ3n) is 1.95. The molecule has 76 valence electrons. The van der Waals surface area contributed by atoms with E-state index in [4.69, 9.17) is 14.6 Å². The van der Waals surface area contributed by atoms with Crippen LogP contribution in [-0.2, 0) is 11.3 Å². The Balaban J connectivity index is 2.14. The molecule has 0 atom stereocenters. The largest absolute Gasteiger partial charge is 0.469 e. The van der Waals surface area contributed by atoms with Gasteiger partial charge in [-0.15, -0.1) is 0 Å². The second kappa shape index (κ2) is 3.89. The lowest BCUT2D eigenvalue weighted by Crippen LogP contribution is -2.39. The normalized spacial score (nSPS) is 16.4. The summed E-state index contributed by atoms with van der Waals surface area (Å²) in [7, 11) is 0. The molecule has 1 aliphatic heterocycles. The third kappa shape index (κ3) is 1.83. The number of ether oxygens (including phenoxy) is 2. The molecule has 0 bridgehead atoms. The van der Waals surface area contributed by atoms with Gasteiger partial charge in [0.15, 0.2) is 0 Å². The maximum Gasteiger partial charge on any atom is 0.219 e. The number of aliphatic hydroxyl groups excluding tert-OH is 1. The molecule has 1 aromatic rings. The number of hydrogen-bond donors (Lipinski definition) is 1. The van der Waals surface area contributed by atoms with Crippen LogP contribution < -0.4 is 4.74 Å². The number of nitrogens with zero attached hydrogens (tertiary/aromatic N) is 1. The van der Waals surface area contributed by atoms with E-state index in [9.17, 15) is 4.39 Å². The van der Waals surface area contributed by atoms with Crippen LogP contribution in [0, 0.1) is 5.82 Å². The topological polar surface area (TPSA) is 51.6 Å². The average molecular weight is 199 g/mol. The van der Waals surface area contributed by atoms with Crippen molar-refractivity contribution in [3.05, 3.63) is 23.6 Å². The van der Waals surface area contributed by atoms with E-state index in [1.54, 1.807) is 0 Å². The molecule has 0 aliphatic carbocycles. The van der Waals surface area contributed by atoms with Gasteiger partial charge in [-0.25, -0.2) is 9.37 Å². The smallest absolute Gasteiger partial charge is 0.219 e. The van der Waals surface area contributed by atoms with Crippen LogP contribution in [0.2, 0.25) is 0 Å². The van der Waals surface area contributed by atoms with Crippen LogP contribution in [0.1, 0.15) is 5.56 Å². The zero-order valence-corrected chi connectivity index (χ0v) is 7.44. The van der Waals surface area contributed by atoms with Crippen molar-refractivity contribution in [2.24, 2.45) is 0 Å². The van der Waals surface area contributed by atoms with Crippen molar-refractivity contribution >= 4 is 0 Å². The Bertz CT molecular complexity index is 328. The lowest BCUT2D eigenvalue weighted by Gasteiger charge is -2.26. The minimum absolute atomic E-state index is 0.0294. The van der Waals surface area contributed by atoms with E-state index in [-0.39, 0.29) is 18.6 Å². The molecule has 0 saturated carbocycles. The van der Waals surface area contributed by atoms with Gasteiger partial charge in [-0.2, -0.15) is 0 Å². The third-order valence-corrected chi connectivity index (χ3v) is 1.95. The van der Waals surface area contributed by atoms with Gasteiger partial charge in [-0.1, -0.05) is 0 Å². The summed E-state index contributed by atoms with van der Waals surface area (Å²) in [4.78, 5) is 3.76. The van der Waals surface area contributed by atoms with Crippen LogP contribution in [0.15, 0.2) is 12.3 Å². The van der Waals surface area contributed by atoms with Crippen LogP contribution >= 0.6 is 0 Å². The molecule has 0 radical (unpaired) electrons. The van der Waals surface area contributed by atoms with Crippen LogP contribution in [0.4, 0.5) is 4.39 Å². The van der Waals surface area contributed by atoms with Crippen LogP contribution in [0.3, 0.4) is 0 Å². The van der Waals surface area contributed by atoms with Crippen LogP contribution in [-0.4, -0.2) is 29.4 Å². The summed E-state index contributed by atoms with van der Waals surface area (Å²) in [5, 5.41) is 8.93. The molecular weight excluding hydrogens is 189 g/mol. The fourth-order valence-corrected chi connectivity index (χ4v) is 1.13. The molecule has 1 fully saturated rings. The van der Waals surface area contributed by atoms with E-state index < -0.39 is 5.82 Å². The predicted octanol–water partition coefficient (Wildman–Crippen LogP) is 0.491. The van der Waals surface area contributed by atoms with Gasteiger partial charge in [0.05, 0.1) is 26.0 Å². The summed E-state index contributed by atoms with van der Waals surface area (Å²) in [6.07, 6.45) is 1.03. The van der Waals surface area contributed by atoms with Gasteiger partial charge in [-0.3, -0.25) is 0 Å². The molecule has 2 rings (SSSR count). The molecule has 1 aliphatic rings. The lowest BCUT2D eigenvalue weighted by atomic mass is 10.2. The van der Waals surface area contributed by atoms with Crippen molar-refractivity contribution in [1.82, 2.24) is 4.98 Å². The van der Waals surface area contributed by atoms with Crippen molar-refractivity contribution in [2.75, 3.05) is 13.2 Å². The van der Waals surface area contributed by atoms with Crippen LogP contribution in [0.25, 0.3) is 0 Å². The van der Waals surface area contributed by atoms with Gasteiger partial charge in [0, 0.05) is 5.56 Å². The fourth-order valence-electron chi connectivity index (χ4n) is 1.13. The molecule has 0 aromatic carbocycles. The molecule has 14 heavy (non-hydrogen) atoms. The second-order valence-corrected chi connectivity index (χ2v) is 3.05. The van der Waals surface area contributed by atoms with E-state index in [1.807, 2.05) is 0 Å². The minimum Gasteiger partial charge on any atom is -0.469 e. The van der Waals surface area contributed by atoms with Gasteiger partial charge in [0.25, 0.3) is 0 Å². The van der Waals surface area contributed by atoms with Crippen molar-refractivity contribution < 1.29 is 19.0 Å². The zero-order valence-electron chi connectivity index (χ0n) is 7.44. The number of pyridine rings is 1. The summed E-state index contributed by atoms with van der Waals surface area (Å²) in [5.74, 6) is -0.201. The summed E-state index contributed by atoms with van der Waals surface area (Å²) in [6.45, 7) is 0.752. The van der Waals surface area contributed by atoms with Gasteiger partial charge in [-0.05, 0) is 6.07 Å². The predicted molar refractivity (Wildman–Crippen MR) is 45.4 cm³/mol. The summed E-state index contributed by atoms with van der Waals surface area (Å²) in [5.41, 5.74) is 0.358. The maximum absolute atomic E-state index is 12.7. The van der Waals surface area contributed by atoms with Crippen molar-refractivity contribution in [1.29, 1.82) is 0 Å². The molecular formula is C9H10FNO3. The first kappa shape index (κ1) is 9.36. The van der Waals surface area contributed by atoms with E-state index in [0.717, 1.165) is 6.20 Å². The SMILES string of the molecule is OCc1cc(F)cnc1OC1COC1. The number of rotatable bonds is 3. The number of halogens is 1. The minimum atomic E-state index is -0.480. The average Bonchev–Trinajstić information content (AvgIpc) is 2.13. The first-order chi connectivity index (χ1) is 6.79. The Kier molecular flexibility index (Phi) is 2.60. The standard InChI is InChI=1S/C9H10FNO3/c10-7-1-6(3-12)9(11-2-7)14-8-4-13-5-8/h1-2,8,12H,3-5H2. The van der Waals surface area contributed by atoms with Crippen LogP contribution in [0.5, 0.6) is 5.88 Å². The maximum atomic E-state index is 12.7. The monoisotopic (exact) mass is 199 g/mol. The Morgan fingerprint density at radius 1 is 1.64 bits per heavy atom. The molecule has 1 saturated heterocycles. The highest BCUT2D eigenvalue weighted by atomic mass is 19.1. The molecule has 1 aromatic heterocycles. The molecule has 0 spiro atoms. The first-order valence-electron chi connectivity index (χ1n) is 4.29.